The van der Waals surface area contributed by atoms with Crippen LogP contribution in [0.25, 0.3) is 10.9 Å². The molecule has 2 aromatic heterocycles. The number of ether oxygens (including phenoxy) is 1. The zero-order valence-electron chi connectivity index (χ0n) is 52.9. The van der Waals surface area contributed by atoms with Crippen LogP contribution < -0.4 is 41.4 Å². The Kier molecular flexibility index (Phi) is 28.4. The van der Waals surface area contributed by atoms with Gasteiger partial charge in [0, 0.05) is 75.3 Å². The summed E-state index contributed by atoms with van der Waals surface area (Å²) in [5, 5.41) is 50.2. The van der Waals surface area contributed by atoms with Crippen molar-refractivity contribution in [2.45, 2.75) is 82.3 Å². The van der Waals surface area contributed by atoms with Crippen molar-refractivity contribution in [3.05, 3.63) is 78.0 Å². The summed E-state index contributed by atoms with van der Waals surface area (Å²) in [4.78, 5) is 143. The number of hydrogen-bond acceptors (Lipinski definition) is 23. The topological polar surface area (TPSA) is 446 Å². The van der Waals surface area contributed by atoms with Crippen molar-refractivity contribution >= 4 is 109 Å². The monoisotopic (exact) mass is 1450 g/mol. The van der Waals surface area contributed by atoms with Gasteiger partial charge >= 0.3 is 210 Å². The van der Waals surface area contributed by atoms with Crippen LogP contribution in [0.2, 0.25) is 0 Å². The van der Waals surface area contributed by atoms with Gasteiger partial charge in [0.15, 0.2) is 5.95 Å². The number of amides is 5. The Hall–Kier alpha value is -8.42. The molecule has 3 aliphatic heterocycles. The number of imidazole rings is 1. The normalized spacial score (nSPS) is 18.1. The van der Waals surface area contributed by atoms with Crippen molar-refractivity contribution in [1.29, 1.82) is 0 Å². The summed E-state index contributed by atoms with van der Waals surface area (Å²) < 4.78 is 54.1. The van der Waals surface area contributed by atoms with Crippen LogP contribution in [0.1, 0.15) is 66.4 Å². The van der Waals surface area contributed by atoms with Crippen molar-refractivity contribution in [2.75, 3.05) is 123 Å². The zero-order chi connectivity index (χ0) is 68.6. The molecule has 34 nitrogen and oxygen atoms in total. The molecule has 5 heterocycles. The number of benzene rings is 2. The van der Waals surface area contributed by atoms with Crippen LogP contribution in [0.15, 0.2) is 66.2 Å². The van der Waals surface area contributed by atoms with E-state index in [2.05, 4.69) is 63.2 Å². The zero-order valence-corrected chi connectivity index (χ0v) is 57.0. The van der Waals surface area contributed by atoms with Crippen LogP contribution in [0, 0.1) is 19.8 Å². The Labute approximate surface area is 556 Å². The molecule has 0 radical (unpaired) electrons. The number of nitrogens with zero attached hydrogens (tertiary/aromatic N) is 7. The Morgan fingerprint density at radius 1 is 0.726 bits per heavy atom. The first-order valence-electron chi connectivity index (χ1n) is 31.0. The third kappa shape index (κ3) is 24.4. The second kappa shape index (κ2) is 36.5. The molecule has 2 aromatic carbocycles. The van der Waals surface area contributed by atoms with Gasteiger partial charge in [-0.3, -0.25) is 38.2 Å². The van der Waals surface area contributed by atoms with Crippen molar-refractivity contribution in [1.82, 2.24) is 70.7 Å². The fraction of sp³-hybridized carbons (Fsp3) is 0.525. The van der Waals surface area contributed by atoms with Crippen molar-refractivity contribution in [3.8, 4) is 5.75 Å². The molecular formula is C59H82InN15O19S. The summed E-state index contributed by atoms with van der Waals surface area (Å²) in [6, 6.07) is 4.61. The first-order chi connectivity index (χ1) is 45.4. The van der Waals surface area contributed by atoms with Gasteiger partial charge in [-0.15, -0.1) is 0 Å². The van der Waals surface area contributed by atoms with E-state index in [1.165, 1.54) is 26.0 Å². The number of sulfonamides is 1. The second-order valence-electron chi connectivity index (χ2n) is 23.0. The van der Waals surface area contributed by atoms with Crippen LogP contribution in [-0.2, 0) is 68.3 Å². The number of rotatable bonds is 33. The number of carbonyl (C=O) groups excluding carboxylic acids is 7. The molecule has 5 atom stereocenters. The number of carbonyl (C=O) groups is 10. The first kappa shape index (κ1) is 74.0. The second-order valence-corrected chi connectivity index (χ2v) is 28.3. The quantitative estimate of drug-likeness (QED) is 0.0235. The number of aliphatic carboxylic acids is 3. The van der Waals surface area contributed by atoms with Gasteiger partial charge in [0.2, 0.25) is 27.7 Å². The molecule has 4 unspecified atom stereocenters. The number of hydrogen-bond donors (Lipinski definition) is 11. The molecular weight excluding hydrogens is 1370 g/mol. The predicted octanol–water partition coefficient (Wildman–Crippen LogP) is -1.77. The molecule has 4 bridgehead atoms. The molecule has 516 valence electrons. The minimum absolute atomic E-state index is 0.0170. The molecule has 0 saturated carbocycles. The van der Waals surface area contributed by atoms with Crippen LogP contribution >= 0.6 is 0 Å². The van der Waals surface area contributed by atoms with E-state index < -0.39 is 130 Å². The van der Waals surface area contributed by atoms with E-state index in [1.807, 2.05) is 14.7 Å². The van der Waals surface area contributed by atoms with E-state index >= 15 is 0 Å². The number of anilines is 1. The number of carboxylic acids is 3. The van der Waals surface area contributed by atoms with Gasteiger partial charge in [0.05, 0.1) is 23.2 Å². The standard InChI is InChI=1S/C59H85N15O19S.In/c1-38-28-44(29-39(2)54(38)94(91,92)69-46(58(89)90)33-66-55(86)41-7-10-47-43(30-41)32-67-74(47)18-5-13-62-59-63-16-17-64-59)93-27-4-6-48(76)60-14-15-61-57(88)45(9-12-51(80)81)68-56(87)42(8-11-50(78)79)31-65-49(77)35-71-21-25-72(36-52(82)83)23-19-70(34-40(3)75)20-24-73(26-22-71)37-53(84)85;/h7,10,16-17,28-30,32,42,45-46,69,75H,3-6,8-9,11-15,18-27,31,33-37H2,1-2H3,(H,60,76)(H,61,88)(H,65,77)(H,66,86)(H,68,87)(H,78,79)(H,80,81)(H,82,83)(H,84,85)(H,89,90)(H2,62,63,64);/q;+3/p-3/t42-,45?,46?;/m1./s1. The van der Waals surface area contributed by atoms with Gasteiger partial charge < -0.3 is 51.6 Å². The summed E-state index contributed by atoms with van der Waals surface area (Å²) in [5.74, 6) is -8.37. The number of fused-ring (bicyclic) bond motifs is 8. The Morgan fingerprint density at radius 3 is 2.01 bits per heavy atom. The number of aromatic amines is 1. The summed E-state index contributed by atoms with van der Waals surface area (Å²) >= 11 is -4.10. The molecule has 0 spiro atoms. The van der Waals surface area contributed by atoms with Gasteiger partial charge in [0.1, 0.15) is 17.8 Å². The molecule has 36 heteroatoms. The molecule has 7 rings (SSSR count). The van der Waals surface area contributed by atoms with Crippen molar-refractivity contribution < 1.29 is 85.0 Å². The number of H-pyrrole nitrogens is 1. The number of aromatic nitrogens is 4. The maximum atomic E-state index is 13.8. The van der Waals surface area contributed by atoms with E-state index in [-0.39, 0.29) is 98.9 Å². The van der Waals surface area contributed by atoms with Gasteiger partial charge in [-0.2, -0.15) is 9.82 Å². The third-order valence-electron chi connectivity index (χ3n) is 15.6. The molecule has 3 saturated heterocycles. The average molecular weight is 1450 g/mol. The predicted molar refractivity (Wildman–Crippen MR) is 338 cm³/mol. The molecule has 95 heavy (non-hydrogen) atoms. The average Bonchev–Trinajstić information content (AvgIpc) is 1.22. The fourth-order valence-electron chi connectivity index (χ4n) is 10.7. The number of aryl methyl sites for hydroxylation is 3. The molecule has 11 N–H and O–H groups in total. The van der Waals surface area contributed by atoms with Crippen molar-refractivity contribution in [2.24, 2.45) is 5.92 Å². The molecule has 5 amide bonds. The SMILES string of the molecule is C=C1CN2CCN3CCN(CC(=O)NC[C@@H](CCC(=O)O)C(=O)NC(CCC(=O)O)C(=O)NCCNC(=O)CCCOc4cc(C)c(S(=O)(=O)NC(CNC(=O)c5ccc6c(cnn6CCCNc6ncc[nH]6)c5)C(=O)O)c(C)c4)CCN(CC2)CC(=O)[O][In]([O]1)[O]C(=O)C3. The summed E-state index contributed by atoms with van der Waals surface area (Å²) in [5.41, 5.74) is 1.44. The van der Waals surface area contributed by atoms with E-state index in [0.29, 0.717) is 89.1 Å². The van der Waals surface area contributed by atoms with Crippen molar-refractivity contribution in [3.63, 3.8) is 0 Å². The summed E-state index contributed by atoms with van der Waals surface area (Å²) in [6.07, 6.45) is 4.22. The van der Waals surface area contributed by atoms with Crippen LogP contribution in [0.5, 0.6) is 5.75 Å². The Morgan fingerprint density at radius 2 is 1.37 bits per heavy atom. The molecule has 0 aliphatic carbocycles. The molecule has 3 fully saturated rings. The van der Waals surface area contributed by atoms with E-state index in [9.17, 15) is 71.7 Å². The van der Waals surface area contributed by atoms with Gasteiger partial charge in [-0.25, -0.2) is 13.4 Å². The Balaban J connectivity index is 0.835. The summed E-state index contributed by atoms with van der Waals surface area (Å²) in [7, 11) is -4.48. The number of carboxylic acid groups (broad SMARTS) is 3. The van der Waals surface area contributed by atoms with E-state index in [0.717, 1.165) is 11.9 Å². The molecule has 4 aromatic rings. The maximum absolute atomic E-state index is 13.8. The van der Waals surface area contributed by atoms with Gasteiger partial charge in [-0.1, -0.05) is 0 Å². The van der Waals surface area contributed by atoms with Crippen LogP contribution in [0.3, 0.4) is 0 Å². The fourth-order valence-corrected chi connectivity index (χ4v) is 15.4. The Bertz CT molecular complexity index is 3440. The molecule has 3 aliphatic rings. The third-order valence-corrected chi connectivity index (χ3v) is 21.5. The van der Waals surface area contributed by atoms with Crippen LogP contribution in [-0.4, -0.2) is 275 Å². The van der Waals surface area contributed by atoms with E-state index in [4.69, 9.17) is 13.3 Å². The van der Waals surface area contributed by atoms with Gasteiger partial charge in [0.25, 0.3) is 5.91 Å². The number of nitrogens with one attached hydrogen (secondary N) is 8. The van der Waals surface area contributed by atoms with E-state index in [1.54, 1.807) is 41.5 Å². The summed E-state index contributed by atoms with van der Waals surface area (Å²) in [6.45, 7) is 10.3. The van der Waals surface area contributed by atoms with Gasteiger partial charge in [-0.05, 0) is 81.0 Å². The first-order valence-corrected chi connectivity index (χ1v) is 36.5. The minimum atomic E-state index is -4.48. The van der Waals surface area contributed by atoms with Crippen LogP contribution in [0.4, 0.5) is 5.95 Å².